The van der Waals surface area contributed by atoms with Crippen molar-refractivity contribution in [2.45, 2.75) is 25.9 Å². The minimum Gasteiger partial charge on any atom is -0.496 e. The molecule has 0 aromatic heterocycles. The van der Waals surface area contributed by atoms with Gasteiger partial charge >= 0.3 is 0 Å². The Morgan fingerprint density at radius 1 is 1.04 bits per heavy atom. The Bertz CT molecular complexity index is 782. The van der Waals surface area contributed by atoms with Gasteiger partial charge in [-0.05, 0) is 37.6 Å². The molecule has 1 aliphatic rings. The van der Waals surface area contributed by atoms with E-state index >= 15 is 0 Å². The maximum atomic E-state index is 13.2. The summed E-state index contributed by atoms with van der Waals surface area (Å²) in [5.41, 5.74) is 2.68. The third-order valence-corrected chi connectivity index (χ3v) is 5.47. The number of ether oxygens (including phenoxy) is 2. The lowest BCUT2D eigenvalue weighted by molar-refractivity contribution is 0.0193. The number of amides is 1. The fourth-order valence-corrected chi connectivity index (χ4v) is 4.03. The van der Waals surface area contributed by atoms with Crippen LogP contribution in [-0.2, 0) is 4.74 Å². The summed E-state index contributed by atoms with van der Waals surface area (Å²) in [6.45, 7) is 7.40. The minimum absolute atomic E-state index is 0.0740. The second-order valence-corrected chi connectivity index (χ2v) is 7.42. The van der Waals surface area contributed by atoms with Gasteiger partial charge in [0.1, 0.15) is 5.75 Å². The van der Waals surface area contributed by atoms with Crippen LogP contribution in [0.5, 0.6) is 5.75 Å². The SMILES string of the molecule is COCCN1C(C)CN(C(=O)c2ccc(OC)c(-c3ccccc3)c2)CC1C. The van der Waals surface area contributed by atoms with E-state index in [1.54, 1.807) is 14.2 Å². The molecule has 1 saturated heterocycles. The highest BCUT2D eigenvalue weighted by Gasteiger charge is 2.32. The van der Waals surface area contributed by atoms with Crippen LogP contribution in [0.25, 0.3) is 11.1 Å². The van der Waals surface area contributed by atoms with E-state index in [4.69, 9.17) is 9.47 Å². The average molecular weight is 383 g/mol. The molecule has 0 spiro atoms. The van der Waals surface area contributed by atoms with Crippen molar-refractivity contribution in [3.05, 3.63) is 54.1 Å². The van der Waals surface area contributed by atoms with Crippen LogP contribution in [0, 0.1) is 0 Å². The van der Waals surface area contributed by atoms with Crippen molar-refractivity contribution < 1.29 is 14.3 Å². The first-order valence-electron chi connectivity index (χ1n) is 9.82. The molecule has 3 rings (SSSR count). The Kier molecular flexibility index (Phi) is 6.70. The summed E-state index contributed by atoms with van der Waals surface area (Å²) in [5, 5.41) is 0. The molecule has 28 heavy (non-hydrogen) atoms. The summed E-state index contributed by atoms with van der Waals surface area (Å²) in [7, 11) is 3.38. The molecule has 0 saturated carbocycles. The first-order valence-corrected chi connectivity index (χ1v) is 9.82. The number of carbonyl (C=O) groups excluding carboxylic acids is 1. The van der Waals surface area contributed by atoms with Crippen LogP contribution in [0.4, 0.5) is 0 Å². The lowest BCUT2D eigenvalue weighted by Gasteiger charge is -2.44. The maximum Gasteiger partial charge on any atom is 0.253 e. The van der Waals surface area contributed by atoms with E-state index in [9.17, 15) is 4.79 Å². The molecule has 5 nitrogen and oxygen atoms in total. The lowest BCUT2D eigenvalue weighted by Crippen LogP contribution is -2.58. The second-order valence-electron chi connectivity index (χ2n) is 7.42. The average Bonchev–Trinajstić information content (AvgIpc) is 2.72. The zero-order valence-electron chi connectivity index (χ0n) is 17.2. The third kappa shape index (κ3) is 4.37. The Morgan fingerprint density at radius 3 is 2.32 bits per heavy atom. The first-order chi connectivity index (χ1) is 13.5. The zero-order valence-corrected chi connectivity index (χ0v) is 17.2. The highest BCUT2D eigenvalue weighted by molar-refractivity contribution is 5.96. The molecule has 0 aliphatic carbocycles. The van der Waals surface area contributed by atoms with E-state index < -0.39 is 0 Å². The molecule has 2 unspecified atom stereocenters. The summed E-state index contributed by atoms with van der Waals surface area (Å²) in [6, 6.07) is 16.3. The quantitative estimate of drug-likeness (QED) is 0.766. The fraction of sp³-hybridized carbons (Fsp3) is 0.435. The van der Waals surface area contributed by atoms with Gasteiger partial charge in [-0.3, -0.25) is 9.69 Å². The number of carbonyl (C=O) groups is 1. The van der Waals surface area contributed by atoms with Crippen molar-refractivity contribution >= 4 is 5.91 Å². The first kappa shape index (κ1) is 20.4. The summed E-state index contributed by atoms with van der Waals surface area (Å²) in [4.78, 5) is 17.6. The molecule has 0 N–H and O–H groups in total. The maximum absolute atomic E-state index is 13.2. The van der Waals surface area contributed by atoms with Gasteiger partial charge < -0.3 is 14.4 Å². The van der Waals surface area contributed by atoms with E-state index in [1.807, 2.05) is 53.4 Å². The van der Waals surface area contributed by atoms with Gasteiger partial charge in [0, 0.05) is 50.0 Å². The highest BCUT2D eigenvalue weighted by Crippen LogP contribution is 2.31. The van der Waals surface area contributed by atoms with Crippen molar-refractivity contribution in [3.8, 4) is 16.9 Å². The summed E-state index contributed by atoms with van der Waals surface area (Å²) in [5.74, 6) is 0.846. The number of methoxy groups -OCH3 is 2. The van der Waals surface area contributed by atoms with Crippen molar-refractivity contribution in [2.75, 3.05) is 40.5 Å². The topological polar surface area (TPSA) is 42.0 Å². The van der Waals surface area contributed by atoms with Crippen molar-refractivity contribution in [3.63, 3.8) is 0 Å². The monoisotopic (exact) mass is 382 g/mol. The normalized spacial score (nSPS) is 20.2. The van der Waals surface area contributed by atoms with Crippen LogP contribution in [0.15, 0.2) is 48.5 Å². The second kappa shape index (κ2) is 9.22. The van der Waals surface area contributed by atoms with Gasteiger partial charge in [-0.25, -0.2) is 0 Å². The fourth-order valence-electron chi connectivity index (χ4n) is 4.03. The molecule has 2 atom stereocenters. The molecule has 1 amide bonds. The number of hydrogen-bond acceptors (Lipinski definition) is 4. The van der Waals surface area contributed by atoms with Gasteiger partial charge in [0.15, 0.2) is 0 Å². The predicted molar refractivity (Wildman–Crippen MR) is 112 cm³/mol. The standard InChI is InChI=1S/C23H30N2O3/c1-17-15-24(16-18(2)25(17)12-13-27-3)23(26)20-10-11-22(28-4)21(14-20)19-8-6-5-7-9-19/h5-11,14,17-18H,12-13,15-16H2,1-4H3. The third-order valence-electron chi connectivity index (χ3n) is 5.47. The van der Waals surface area contributed by atoms with E-state index in [2.05, 4.69) is 18.7 Å². The largest absolute Gasteiger partial charge is 0.496 e. The number of benzene rings is 2. The van der Waals surface area contributed by atoms with Gasteiger partial charge in [-0.15, -0.1) is 0 Å². The van der Waals surface area contributed by atoms with Gasteiger partial charge in [-0.1, -0.05) is 30.3 Å². The van der Waals surface area contributed by atoms with Crippen LogP contribution >= 0.6 is 0 Å². The van der Waals surface area contributed by atoms with Gasteiger partial charge in [0.25, 0.3) is 5.91 Å². The van der Waals surface area contributed by atoms with Crippen LogP contribution in [0.2, 0.25) is 0 Å². The van der Waals surface area contributed by atoms with E-state index in [0.29, 0.717) is 24.3 Å². The Balaban J connectivity index is 1.81. The van der Waals surface area contributed by atoms with Crippen LogP contribution in [-0.4, -0.2) is 68.3 Å². The number of hydrogen-bond donors (Lipinski definition) is 0. The van der Waals surface area contributed by atoms with Crippen molar-refractivity contribution in [2.24, 2.45) is 0 Å². The number of nitrogens with zero attached hydrogens (tertiary/aromatic N) is 2. The zero-order chi connectivity index (χ0) is 20.1. The van der Waals surface area contributed by atoms with Crippen LogP contribution in [0.3, 0.4) is 0 Å². The molecule has 1 heterocycles. The van der Waals surface area contributed by atoms with E-state index in [1.165, 1.54) is 0 Å². The molecular formula is C23H30N2O3. The van der Waals surface area contributed by atoms with E-state index in [0.717, 1.165) is 36.5 Å². The van der Waals surface area contributed by atoms with Crippen LogP contribution < -0.4 is 4.74 Å². The van der Waals surface area contributed by atoms with Crippen molar-refractivity contribution in [1.29, 1.82) is 0 Å². The number of rotatable bonds is 6. The lowest BCUT2D eigenvalue weighted by atomic mass is 10.0. The molecule has 5 heteroatoms. The molecule has 1 aliphatic heterocycles. The van der Waals surface area contributed by atoms with Gasteiger partial charge in [0.05, 0.1) is 13.7 Å². The predicted octanol–water partition coefficient (Wildman–Crippen LogP) is 3.54. The van der Waals surface area contributed by atoms with E-state index in [-0.39, 0.29) is 5.91 Å². The molecule has 150 valence electrons. The summed E-state index contributed by atoms with van der Waals surface area (Å²) in [6.07, 6.45) is 0. The molecule has 0 radical (unpaired) electrons. The summed E-state index contributed by atoms with van der Waals surface area (Å²) >= 11 is 0. The smallest absolute Gasteiger partial charge is 0.253 e. The molecule has 2 aromatic rings. The Morgan fingerprint density at radius 2 is 1.71 bits per heavy atom. The summed E-state index contributed by atoms with van der Waals surface area (Å²) < 4.78 is 10.8. The van der Waals surface area contributed by atoms with Gasteiger partial charge in [-0.2, -0.15) is 0 Å². The molecule has 1 fully saturated rings. The number of piperazine rings is 1. The van der Waals surface area contributed by atoms with Gasteiger partial charge in [0.2, 0.25) is 0 Å². The molecule has 0 bridgehead atoms. The highest BCUT2D eigenvalue weighted by atomic mass is 16.5. The Hall–Kier alpha value is -2.37. The van der Waals surface area contributed by atoms with Crippen molar-refractivity contribution in [1.82, 2.24) is 9.80 Å². The Labute approximate surface area is 167 Å². The van der Waals surface area contributed by atoms with Crippen LogP contribution in [0.1, 0.15) is 24.2 Å². The minimum atomic E-state index is 0.0740. The molecular weight excluding hydrogens is 352 g/mol. The molecule has 2 aromatic carbocycles.